The molecular weight excluding hydrogens is 312 g/mol. The second-order valence-corrected chi connectivity index (χ2v) is 5.76. The van der Waals surface area contributed by atoms with Gasteiger partial charge in [-0.15, -0.1) is 0 Å². The molecule has 3 heteroatoms. The van der Waals surface area contributed by atoms with Crippen LogP contribution in [0.5, 0.6) is 5.75 Å². The average molecular weight is 330 g/mol. The van der Waals surface area contributed by atoms with Crippen molar-refractivity contribution in [3.8, 4) is 5.75 Å². The van der Waals surface area contributed by atoms with Gasteiger partial charge in [0.1, 0.15) is 11.7 Å². The zero-order valence-electron chi connectivity index (χ0n) is 13.9. The smallest absolute Gasteiger partial charge is 0.323 e. The summed E-state index contributed by atoms with van der Waals surface area (Å²) in [6.45, 7) is 1.48. The van der Waals surface area contributed by atoms with E-state index >= 15 is 0 Å². The van der Waals surface area contributed by atoms with Crippen LogP contribution in [-0.2, 0) is 4.79 Å². The van der Waals surface area contributed by atoms with E-state index in [1.54, 1.807) is 24.3 Å². The van der Waals surface area contributed by atoms with Crippen molar-refractivity contribution in [1.29, 1.82) is 0 Å². The third kappa shape index (κ3) is 4.01. The number of Topliss-reactive ketones (excluding diaryl/α,β-unsaturated/α-hetero) is 1. The minimum absolute atomic E-state index is 0.0689. The van der Waals surface area contributed by atoms with Crippen LogP contribution >= 0.6 is 0 Å². The van der Waals surface area contributed by atoms with Crippen LogP contribution in [0.15, 0.2) is 84.9 Å². The third-order valence-electron chi connectivity index (χ3n) is 3.96. The first kappa shape index (κ1) is 16.7. The summed E-state index contributed by atoms with van der Waals surface area (Å²) >= 11 is 0. The van der Waals surface area contributed by atoms with E-state index in [9.17, 15) is 9.59 Å². The van der Waals surface area contributed by atoms with E-state index in [2.05, 4.69) is 0 Å². The van der Waals surface area contributed by atoms with Gasteiger partial charge in [0.2, 0.25) is 0 Å². The summed E-state index contributed by atoms with van der Waals surface area (Å²) in [6, 6.07) is 25.7. The minimum Gasteiger partial charge on any atom is -0.426 e. The fraction of sp³-hybridized carbons (Fsp3) is 0.0909. The third-order valence-corrected chi connectivity index (χ3v) is 3.96. The summed E-state index contributed by atoms with van der Waals surface area (Å²) in [5.41, 5.74) is 2.24. The van der Waals surface area contributed by atoms with Crippen LogP contribution in [0.25, 0.3) is 0 Å². The highest BCUT2D eigenvalue weighted by Gasteiger charge is 2.24. The van der Waals surface area contributed by atoms with Crippen molar-refractivity contribution in [3.63, 3.8) is 0 Å². The van der Waals surface area contributed by atoms with E-state index in [4.69, 9.17) is 4.74 Å². The summed E-state index contributed by atoms with van der Waals surface area (Å²) in [6.07, 6.45) is 0. The SMILES string of the molecule is CC(=O)c1cccc(OC(=O)C(c2ccccc2)c2ccccc2)c1. The van der Waals surface area contributed by atoms with Crippen molar-refractivity contribution < 1.29 is 14.3 Å². The van der Waals surface area contributed by atoms with Gasteiger partial charge in [0.15, 0.2) is 5.78 Å². The maximum absolute atomic E-state index is 12.9. The van der Waals surface area contributed by atoms with Gasteiger partial charge >= 0.3 is 5.97 Å². The monoisotopic (exact) mass is 330 g/mol. The molecule has 0 unspecified atom stereocenters. The number of benzene rings is 3. The lowest BCUT2D eigenvalue weighted by molar-refractivity contribution is -0.135. The molecule has 0 amide bonds. The van der Waals surface area contributed by atoms with Crippen molar-refractivity contribution in [2.75, 3.05) is 0 Å². The van der Waals surface area contributed by atoms with Crippen LogP contribution in [-0.4, -0.2) is 11.8 Å². The largest absolute Gasteiger partial charge is 0.426 e. The first-order valence-corrected chi connectivity index (χ1v) is 8.08. The van der Waals surface area contributed by atoms with Gasteiger partial charge in [0.25, 0.3) is 0 Å². The Morgan fingerprint density at radius 3 is 1.84 bits per heavy atom. The molecule has 0 N–H and O–H groups in total. The van der Waals surface area contributed by atoms with Crippen molar-refractivity contribution in [3.05, 3.63) is 102 Å². The quantitative estimate of drug-likeness (QED) is 0.389. The number of carbonyl (C=O) groups excluding carboxylic acids is 2. The van der Waals surface area contributed by atoms with Crippen LogP contribution in [0.2, 0.25) is 0 Å². The molecule has 0 saturated carbocycles. The number of ketones is 1. The van der Waals surface area contributed by atoms with Crippen LogP contribution < -0.4 is 4.74 Å². The van der Waals surface area contributed by atoms with Crippen molar-refractivity contribution >= 4 is 11.8 Å². The van der Waals surface area contributed by atoms with Gasteiger partial charge in [0, 0.05) is 5.56 Å². The van der Waals surface area contributed by atoms with Crippen LogP contribution in [0.1, 0.15) is 34.3 Å². The highest BCUT2D eigenvalue weighted by atomic mass is 16.5. The predicted octanol–water partition coefficient (Wildman–Crippen LogP) is 4.63. The Morgan fingerprint density at radius 2 is 1.32 bits per heavy atom. The number of ether oxygens (including phenoxy) is 1. The van der Waals surface area contributed by atoms with Gasteiger partial charge in [-0.05, 0) is 30.2 Å². The Labute approximate surface area is 146 Å². The van der Waals surface area contributed by atoms with E-state index < -0.39 is 5.92 Å². The fourth-order valence-corrected chi connectivity index (χ4v) is 2.71. The Bertz CT molecular complexity index is 831. The summed E-state index contributed by atoms with van der Waals surface area (Å²) < 4.78 is 5.59. The van der Waals surface area contributed by atoms with E-state index in [0.717, 1.165) is 11.1 Å². The molecule has 0 aliphatic rings. The standard InChI is InChI=1S/C22H18O3/c1-16(23)19-13-8-14-20(15-19)25-22(24)21(17-9-4-2-5-10-17)18-11-6-3-7-12-18/h2-15,21H,1H3. The molecule has 3 aromatic carbocycles. The molecule has 0 atom stereocenters. The molecule has 3 aromatic rings. The Hall–Kier alpha value is -3.20. The fourth-order valence-electron chi connectivity index (χ4n) is 2.71. The lowest BCUT2D eigenvalue weighted by atomic mass is 9.91. The average Bonchev–Trinajstić information content (AvgIpc) is 2.64. The highest BCUT2D eigenvalue weighted by Crippen LogP contribution is 2.27. The van der Waals surface area contributed by atoms with Crippen LogP contribution in [0.4, 0.5) is 0 Å². The van der Waals surface area contributed by atoms with Gasteiger partial charge in [0.05, 0.1) is 0 Å². The molecule has 25 heavy (non-hydrogen) atoms. The molecule has 0 aliphatic carbocycles. The molecular formula is C22H18O3. The molecule has 0 aromatic heterocycles. The zero-order chi connectivity index (χ0) is 17.6. The van der Waals surface area contributed by atoms with E-state index in [-0.39, 0.29) is 11.8 Å². The lowest BCUT2D eigenvalue weighted by Crippen LogP contribution is -2.20. The topological polar surface area (TPSA) is 43.4 Å². The second kappa shape index (κ2) is 7.58. The zero-order valence-corrected chi connectivity index (χ0v) is 13.9. The normalized spacial score (nSPS) is 10.5. The molecule has 124 valence electrons. The number of esters is 1. The summed E-state index contributed by atoms with van der Waals surface area (Å²) in [5.74, 6) is -0.600. The highest BCUT2D eigenvalue weighted by molar-refractivity contribution is 5.94. The van der Waals surface area contributed by atoms with Gasteiger partial charge in [-0.1, -0.05) is 72.8 Å². The number of hydrogen-bond acceptors (Lipinski definition) is 3. The van der Waals surface area contributed by atoms with E-state index in [1.165, 1.54) is 6.92 Å². The van der Waals surface area contributed by atoms with Gasteiger partial charge in [-0.3, -0.25) is 9.59 Å². The predicted molar refractivity (Wildman–Crippen MR) is 96.8 cm³/mol. The Kier molecular flexibility index (Phi) is 5.05. The maximum Gasteiger partial charge on any atom is 0.323 e. The molecule has 0 aliphatic heterocycles. The molecule has 0 saturated heterocycles. The summed E-state index contributed by atoms with van der Waals surface area (Å²) in [7, 11) is 0. The second-order valence-electron chi connectivity index (χ2n) is 5.76. The summed E-state index contributed by atoms with van der Waals surface area (Å²) in [4.78, 5) is 24.4. The minimum atomic E-state index is -0.525. The van der Waals surface area contributed by atoms with Crippen molar-refractivity contribution in [1.82, 2.24) is 0 Å². The van der Waals surface area contributed by atoms with Gasteiger partial charge in [-0.25, -0.2) is 0 Å². The van der Waals surface area contributed by atoms with E-state index in [1.807, 2.05) is 60.7 Å². The molecule has 0 bridgehead atoms. The summed E-state index contributed by atoms with van der Waals surface area (Å²) in [5, 5.41) is 0. The Morgan fingerprint density at radius 1 is 0.760 bits per heavy atom. The molecule has 0 heterocycles. The van der Waals surface area contributed by atoms with Gasteiger partial charge < -0.3 is 4.74 Å². The number of carbonyl (C=O) groups is 2. The molecule has 3 rings (SSSR count). The Balaban J connectivity index is 1.93. The van der Waals surface area contributed by atoms with Crippen LogP contribution in [0, 0.1) is 0 Å². The maximum atomic E-state index is 12.9. The molecule has 0 fully saturated rings. The first-order chi connectivity index (χ1) is 12.1. The molecule has 3 nitrogen and oxygen atoms in total. The van der Waals surface area contributed by atoms with Gasteiger partial charge in [-0.2, -0.15) is 0 Å². The first-order valence-electron chi connectivity index (χ1n) is 8.08. The lowest BCUT2D eigenvalue weighted by Gasteiger charge is -2.17. The number of hydrogen-bond donors (Lipinski definition) is 0. The van der Waals surface area contributed by atoms with Crippen LogP contribution in [0.3, 0.4) is 0 Å². The number of rotatable bonds is 5. The van der Waals surface area contributed by atoms with Crippen molar-refractivity contribution in [2.45, 2.75) is 12.8 Å². The van der Waals surface area contributed by atoms with E-state index in [0.29, 0.717) is 11.3 Å². The molecule has 0 radical (unpaired) electrons. The van der Waals surface area contributed by atoms with Crippen molar-refractivity contribution in [2.24, 2.45) is 0 Å². The molecule has 0 spiro atoms.